The minimum Gasteiger partial charge on any atom is -0.380 e. The molecule has 0 bridgehead atoms. The summed E-state index contributed by atoms with van der Waals surface area (Å²) in [5.41, 5.74) is -1.89. The fourth-order valence-corrected chi connectivity index (χ4v) is 3.46. The Morgan fingerprint density at radius 2 is 1.97 bits per heavy atom. The van der Waals surface area contributed by atoms with Gasteiger partial charge in [-0.3, -0.25) is 4.79 Å². The number of benzene rings is 2. The Morgan fingerprint density at radius 1 is 1.24 bits per heavy atom. The maximum atomic E-state index is 13.3. The quantitative estimate of drug-likeness (QED) is 0.594. The number of ketones is 1. The zero-order valence-electron chi connectivity index (χ0n) is 15.6. The first kappa shape index (κ1) is 20.8. The van der Waals surface area contributed by atoms with Gasteiger partial charge < -0.3 is 10.0 Å². The van der Waals surface area contributed by atoms with Gasteiger partial charge in [0.05, 0.1) is 18.7 Å². The van der Waals surface area contributed by atoms with E-state index in [1.54, 1.807) is 11.0 Å². The Morgan fingerprint density at radius 3 is 2.62 bits per heavy atom. The molecule has 1 atom stereocenters. The smallest absolute Gasteiger partial charge is 0.380 e. The van der Waals surface area contributed by atoms with Crippen LogP contribution in [0.4, 0.5) is 28.9 Å². The number of nitrogens with zero attached hydrogens (tertiary/aromatic N) is 2. The second-order valence-electron chi connectivity index (χ2n) is 7.28. The van der Waals surface area contributed by atoms with E-state index in [1.807, 2.05) is 0 Å². The van der Waals surface area contributed by atoms with Gasteiger partial charge in [0.2, 0.25) is 0 Å². The molecule has 0 aromatic heterocycles. The van der Waals surface area contributed by atoms with Crippen LogP contribution in [-0.2, 0) is 23.8 Å². The second kappa shape index (κ2) is 7.48. The van der Waals surface area contributed by atoms with Crippen molar-refractivity contribution in [3.63, 3.8) is 0 Å². The molecule has 1 N–H and O–H groups in total. The summed E-state index contributed by atoms with van der Waals surface area (Å²) < 4.78 is 52.7. The number of rotatable bonds is 5. The molecule has 1 aliphatic heterocycles. The molecule has 0 radical (unpaired) electrons. The summed E-state index contributed by atoms with van der Waals surface area (Å²) in [5, 5.41) is 10.7. The van der Waals surface area contributed by atoms with Gasteiger partial charge in [0.15, 0.2) is 11.5 Å². The van der Waals surface area contributed by atoms with Crippen molar-refractivity contribution in [1.29, 1.82) is 0 Å². The summed E-state index contributed by atoms with van der Waals surface area (Å²) in [4.78, 5) is 17.2. The normalized spacial score (nSPS) is 15.6. The van der Waals surface area contributed by atoms with Gasteiger partial charge >= 0.3 is 6.18 Å². The lowest BCUT2D eigenvalue weighted by Gasteiger charge is -2.29. The van der Waals surface area contributed by atoms with E-state index >= 15 is 0 Å². The van der Waals surface area contributed by atoms with Gasteiger partial charge in [-0.05, 0) is 42.7 Å². The molecule has 0 aliphatic carbocycles. The minimum absolute atomic E-state index is 0.0588. The summed E-state index contributed by atoms with van der Waals surface area (Å²) in [7, 11) is 0. The lowest BCUT2D eigenvalue weighted by atomic mass is 9.93. The van der Waals surface area contributed by atoms with Crippen LogP contribution in [0.2, 0.25) is 0 Å². The zero-order valence-corrected chi connectivity index (χ0v) is 15.6. The first-order chi connectivity index (χ1) is 13.5. The number of carbonyl (C=O) groups is 1. The van der Waals surface area contributed by atoms with E-state index in [4.69, 9.17) is 6.57 Å². The number of β-amino-alcohol motifs (C(OH)–C–C–N with tert-alkyl or cyclic N) is 1. The first-order valence-electron chi connectivity index (χ1n) is 8.88. The molecule has 1 aliphatic rings. The number of halogens is 4. The molecular formula is C21H18F4N2O2. The fourth-order valence-electron chi connectivity index (χ4n) is 3.46. The monoisotopic (exact) mass is 406 g/mol. The van der Waals surface area contributed by atoms with Crippen molar-refractivity contribution in [2.75, 3.05) is 18.0 Å². The lowest BCUT2D eigenvalue weighted by Crippen LogP contribution is -2.47. The summed E-state index contributed by atoms with van der Waals surface area (Å²) in [5.74, 6) is -1.01. The topological polar surface area (TPSA) is 44.9 Å². The third kappa shape index (κ3) is 4.40. The average molecular weight is 406 g/mol. The fraction of sp³-hybridized carbons (Fsp3) is 0.333. The molecule has 1 heterocycles. The van der Waals surface area contributed by atoms with Crippen molar-refractivity contribution in [3.8, 4) is 0 Å². The maximum Gasteiger partial charge on any atom is 0.407 e. The van der Waals surface area contributed by atoms with Crippen molar-refractivity contribution < 1.29 is 27.5 Å². The highest BCUT2D eigenvalue weighted by atomic mass is 19.4. The van der Waals surface area contributed by atoms with Gasteiger partial charge in [-0.15, -0.1) is 0 Å². The molecule has 4 nitrogen and oxygen atoms in total. The van der Waals surface area contributed by atoms with Crippen molar-refractivity contribution in [1.82, 2.24) is 0 Å². The van der Waals surface area contributed by atoms with E-state index in [0.717, 1.165) is 23.4 Å². The molecule has 8 heteroatoms. The Kier molecular flexibility index (Phi) is 5.37. The lowest BCUT2D eigenvalue weighted by molar-refractivity contribution is -0.137. The minimum atomic E-state index is -4.71. The molecule has 152 valence electrons. The van der Waals surface area contributed by atoms with E-state index in [2.05, 4.69) is 4.85 Å². The number of Topliss-reactive ketones (excluding diaryl/α,β-unsaturated/α-hetero) is 1. The third-order valence-corrected chi connectivity index (χ3v) is 4.98. The molecule has 0 unspecified atom stereocenters. The highest BCUT2D eigenvalue weighted by molar-refractivity contribution is 5.89. The van der Waals surface area contributed by atoms with Crippen LogP contribution in [0.1, 0.15) is 23.6 Å². The van der Waals surface area contributed by atoms with Crippen LogP contribution in [-0.4, -0.2) is 29.6 Å². The first-order valence-corrected chi connectivity index (χ1v) is 8.88. The third-order valence-electron chi connectivity index (χ3n) is 4.98. The van der Waals surface area contributed by atoms with Crippen LogP contribution in [0.15, 0.2) is 36.4 Å². The molecule has 2 aromatic carbocycles. The van der Waals surface area contributed by atoms with Gasteiger partial charge in [-0.2, -0.15) is 13.2 Å². The van der Waals surface area contributed by atoms with Gasteiger partial charge in [-0.25, -0.2) is 9.24 Å². The predicted octanol–water partition coefficient (Wildman–Crippen LogP) is 4.32. The summed E-state index contributed by atoms with van der Waals surface area (Å²) in [6.45, 7) is 8.62. The van der Waals surface area contributed by atoms with Crippen LogP contribution in [0.5, 0.6) is 0 Å². The van der Waals surface area contributed by atoms with Gasteiger partial charge in [-0.1, -0.05) is 18.2 Å². The van der Waals surface area contributed by atoms with E-state index < -0.39 is 35.2 Å². The molecule has 0 amide bonds. The molecule has 0 spiro atoms. The number of hydrogen-bond acceptors (Lipinski definition) is 3. The summed E-state index contributed by atoms with van der Waals surface area (Å²) in [6.07, 6.45) is -4.54. The number of carbonyl (C=O) groups excluding carboxylic acids is 1. The molecule has 0 fully saturated rings. The number of anilines is 1. The van der Waals surface area contributed by atoms with Crippen LogP contribution in [0.3, 0.4) is 0 Å². The van der Waals surface area contributed by atoms with Crippen molar-refractivity contribution >= 4 is 17.2 Å². The SMILES string of the molecule is [C-]#[N+]c1ccc(CC(=O)[C@@](C)(O)CN2CCc3cc(F)ccc32)cc1C(F)(F)F. The van der Waals surface area contributed by atoms with Crippen LogP contribution >= 0.6 is 0 Å². The molecular weight excluding hydrogens is 388 g/mol. The summed E-state index contributed by atoms with van der Waals surface area (Å²) >= 11 is 0. The van der Waals surface area contributed by atoms with E-state index in [0.29, 0.717) is 13.0 Å². The number of hydrogen-bond donors (Lipinski definition) is 1. The van der Waals surface area contributed by atoms with Gasteiger partial charge in [0, 0.05) is 18.7 Å². The predicted molar refractivity (Wildman–Crippen MR) is 99.4 cm³/mol. The molecule has 0 saturated carbocycles. The molecule has 0 saturated heterocycles. The Labute approximate surface area is 165 Å². The van der Waals surface area contributed by atoms with Gasteiger partial charge in [0.1, 0.15) is 11.4 Å². The largest absolute Gasteiger partial charge is 0.407 e. The number of alkyl halides is 3. The number of fused-ring (bicyclic) bond motifs is 1. The zero-order chi connectivity index (χ0) is 21.4. The van der Waals surface area contributed by atoms with E-state index in [-0.39, 0.29) is 17.9 Å². The van der Waals surface area contributed by atoms with E-state index in [9.17, 15) is 27.5 Å². The van der Waals surface area contributed by atoms with Crippen molar-refractivity contribution in [2.45, 2.75) is 31.5 Å². The highest BCUT2D eigenvalue weighted by Gasteiger charge is 2.36. The van der Waals surface area contributed by atoms with Crippen LogP contribution < -0.4 is 4.90 Å². The Hall–Kier alpha value is -2.92. The van der Waals surface area contributed by atoms with E-state index in [1.165, 1.54) is 25.1 Å². The standard InChI is InChI=1S/C21H18F4N2O2/c1-20(29,12-27-8-7-14-11-15(22)4-6-18(14)27)19(28)10-13-3-5-17(26-2)16(9-13)21(23,24)25/h3-6,9,11,29H,7-8,10,12H2,1H3/t20-/m0/s1. The van der Waals surface area contributed by atoms with Crippen LogP contribution in [0.25, 0.3) is 4.85 Å². The highest BCUT2D eigenvalue weighted by Crippen LogP contribution is 2.37. The second-order valence-corrected chi connectivity index (χ2v) is 7.28. The molecule has 29 heavy (non-hydrogen) atoms. The Bertz CT molecular complexity index is 993. The molecule has 3 rings (SSSR count). The molecule has 2 aromatic rings. The van der Waals surface area contributed by atoms with Crippen molar-refractivity contribution in [3.05, 3.63) is 70.3 Å². The average Bonchev–Trinajstić information content (AvgIpc) is 3.02. The number of aliphatic hydroxyl groups is 1. The maximum absolute atomic E-state index is 13.3. The Balaban J connectivity index is 1.76. The summed E-state index contributed by atoms with van der Waals surface area (Å²) in [6, 6.07) is 7.36. The van der Waals surface area contributed by atoms with Gasteiger partial charge in [0.25, 0.3) is 0 Å². The van der Waals surface area contributed by atoms with Crippen molar-refractivity contribution in [2.24, 2.45) is 0 Å². The van der Waals surface area contributed by atoms with Crippen LogP contribution in [0, 0.1) is 12.4 Å².